The Hall–Kier alpha value is -0.880. The monoisotopic (exact) mass is 402 g/mol. The van der Waals surface area contributed by atoms with Gasteiger partial charge in [-0.25, -0.2) is 0 Å². The summed E-state index contributed by atoms with van der Waals surface area (Å²) in [5, 5.41) is 12.3. The molecule has 1 aromatic rings. The van der Waals surface area contributed by atoms with Crippen molar-refractivity contribution >= 4 is 43.5 Å². The quantitative estimate of drug-likeness (QED) is 0.601. The fraction of sp³-hybridized carbons (Fsp3) is 0.429. The molecule has 1 N–H and O–H groups in total. The summed E-state index contributed by atoms with van der Waals surface area (Å²) in [7, 11) is 0. The average molecular weight is 404 g/mol. The van der Waals surface area contributed by atoms with Crippen LogP contribution in [0.3, 0.4) is 0 Å². The summed E-state index contributed by atoms with van der Waals surface area (Å²) in [5.74, 6) is 0.150. The molecular weight excluding hydrogens is 388 g/mol. The maximum Gasteiger partial charge on any atom is 0.255 e. The van der Waals surface area contributed by atoms with Crippen molar-refractivity contribution in [2.75, 3.05) is 13.1 Å². The number of carbonyl (C=O) groups is 1. The normalized spacial score (nSPS) is 21.2. The van der Waals surface area contributed by atoms with Crippen molar-refractivity contribution < 1.29 is 10.0 Å². The Bertz CT molecular complexity index is 546. The van der Waals surface area contributed by atoms with Crippen LogP contribution in [0.15, 0.2) is 32.3 Å². The first-order valence-electron chi connectivity index (χ1n) is 6.52. The molecule has 0 bridgehead atoms. The molecule has 0 saturated carbocycles. The molecule has 1 aliphatic heterocycles. The van der Waals surface area contributed by atoms with Crippen molar-refractivity contribution in [3.63, 3.8) is 0 Å². The summed E-state index contributed by atoms with van der Waals surface area (Å²) < 4.78 is 1.67. The molecule has 2 rings (SSSR count). The second-order valence-corrected chi connectivity index (χ2v) is 6.59. The second kappa shape index (κ2) is 6.72. The minimum Gasteiger partial charge on any atom is -0.411 e. The SMILES string of the molecule is CCC1CN(C(=O)c2cc(Br)ccc2Br)CC/C1=N\O. The van der Waals surface area contributed by atoms with E-state index in [1.165, 1.54) is 0 Å². The Morgan fingerprint density at radius 3 is 2.90 bits per heavy atom. The van der Waals surface area contributed by atoms with E-state index in [9.17, 15) is 4.79 Å². The van der Waals surface area contributed by atoms with Crippen LogP contribution in [0.4, 0.5) is 0 Å². The van der Waals surface area contributed by atoms with Gasteiger partial charge >= 0.3 is 0 Å². The predicted octanol–water partition coefficient (Wildman–Crippen LogP) is 3.91. The van der Waals surface area contributed by atoms with Crippen LogP contribution in [0.2, 0.25) is 0 Å². The van der Waals surface area contributed by atoms with E-state index in [4.69, 9.17) is 5.21 Å². The number of halogens is 2. The number of likely N-dealkylation sites (tertiary alicyclic amines) is 1. The first-order valence-corrected chi connectivity index (χ1v) is 8.10. The van der Waals surface area contributed by atoms with E-state index in [2.05, 4.69) is 37.0 Å². The molecule has 4 nitrogen and oxygen atoms in total. The van der Waals surface area contributed by atoms with Crippen molar-refractivity contribution in [2.24, 2.45) is 11.1 Å². The molecule has 1 heterocycles. The number of hydrogen-bond acceptors (Lipinski definition) is 3. The number of oxime groups is 1. The minimum atomic E-state index is 0.00798. The average Bonchev–Trinajstić information content (AvgIpc) is 2.48. The molecule has 1 amide bonds. The van der Waals surface area contributed by atoms with Crippen LogP contribution in [0.1, 0.15) is 30.1 Å². The molecule has 1 aliphatic rings. The van der Waals surface area contributed by atoms with Gasteiger partial charge in [-0.3, -0.25) is 4.79 Å². The largest absolute Gasteiger partial charge is 0.411 e. The number of benzene rings is 1. The highest BCUT2D eigenvalue weighted by atomic mass is 79.9. The number of piperidine rings is 1. The molecular formula is C14H16Br2N2O2. The van der Waals surface area contributed by atoms with Gasteiger partial charge in [0.25, 0.3) is 5.91 Å². The van der Waals surface area contributed by atoms with Gasteiger partial charge in [0, 0.05) is 34.4 Å². The summed E-state index contributed by atoms with van der Waals surface area (Å²) in [6, 6.07) is 5.57. The van der Waals surface area contributed by atoms with Gasteiger partial charge in [0.05, 0.1) is 11.3 Å². The molecule has 0 aromatic heterocycles. The van der Waals surface area contributed by atoms with Crippen LogP contribution in [-0.4, -0.2) is 34.8 Å². The zero-order valence-corrected chi connectivity index (χ0v) is 14.3. The number of rotatable bonds is 2. The van der Waals surface area contributed by atoms with Crippen molar-refractivity contribution in [1.82, 2.24) is 4.90 Å². The number of nitrogens with zero attached hydrogens (tertiary/aromatic N) is 2. The molecule has 0 radical (unpaired) electrons. The number of hydrogen-bond donors (Lipinski definition) is 1. The smallest absolute Gasteiger partial charge is 0.255 e. The highest BCUT2D eigenvalue weighted by molar-refractivity contribution is 9.11. The van der Waals surface area contributed by atoms with Crippen LogP contribution in [-0.2, 0) is 0 Å². The zero-order chi connectivity index (χ0) is 14.7. The van der Waals surface area contributed by atoms with Gasteiger partial charge in [0.1, 0.15) is 0 Å². The standard InChI is InChI=1S/C14H16Br2N2O2/c1-2-9-8-18(6-5-13(9)17-20)14(19)11-7-10(15)3-4-12(11)16/h3-4,7,9,20H,2,5-6,8H2,1H3/b17-13+. The van der Waals surface area contributed by atoms with E-state index >= 15 is 0 Å². The lowest BCUT2D eigenvalue weighted by atomic mass is 9.93. The topological polar surface area (TPSA) is 52.9 Å². The number of amides is 1. The Morgan fingerprint density at radius 2 is 2.25 bits per heavy atom. The van der Waals surface area contributed by atoms with Gasteiger partial charge < -0.3 is 10.1 Å². The summed E-state index contributed by atoms with van der Waals surface area (Å²) in [5.41, 5.74) is 1.45. The molecule has 1 atom stereocenters. The summed E-state index contributed by atoms with van der Waals surface area (Å²) in [6.07, 6.45) is 1.50. The van der Waals surface area contributed by atoms with Crippen LogP contribution in [0.25, 0.3) is 0 Å². The molecule has 108 valence electrons. The highest BCUT2D eigenvalue weighted by Crippen LogP contribution is 2.25. The lowest BCUT2D eigenvalue weighted by Gasteiger charge is -2.33. The lowest BCUT2D eigenvalue weighted by Crippen LogP contribution is -2.44. The molecule has 20 heavy (non-hydrogen) atoms. The summed E-state index contributed by atoms with van der Waals surface area (Å²) in [6.45, 7) is 3.24. The van der Waals surface area contributed by atoms with Crippen LogP contribution in [0.5, 0.6) is 0 Å². The third kappa shape index (κ3) is 3.23. The number of carbonyl (C=O) groups excluding carboxylic acids is 1. The maximum atomic E-state index is 12.6. The van der Waals surface area contributed by atoms with Gasteiger partial charge in [-0.2, -0.15) is 0 Å². The summed E-state index contributed by atoms with van der Waals surface area (Å²) in [4.78, 5) is 14.4. The van der Waals surface area contributed by atoms with Crippen LogP contribution >= 0.6 is 31.9 Å². The van der Waals surface area contributed by atoms with Crippen molar-refractivity contribution in [2.45, 2.75) is 19.8 Å². The highest BCUT2D eigenvalue weighted by Gasteiger charge is 2.29. The van der Waals surface area contributed by atoms with E-state index in [-0.39, 0.29) is 11.8 Å². The zero-order valence-electron chi connectivity index (χ0n) is 11.1. The predicted molar refractivity (Wildman–Crippen MR) is 85.4 cm³/mol. The van der Waals surface area contributed by atoms with E-state index < -0.39 is 0 Å². The Labute approximate surface area is 135 Å². The second-order valence-electron chi connectivity index (χ2n) is 4.82. The van der Waals surface area contributed by atoms with Gasteiger partial charge in [-0.1, -0.05) is 28.0 Å². The molecule has 0 spiro atoms. The molecule has 0 aliphatic carbocycles. The van der Waals surface area contributed by atoms with Crippen LogP contribution in [0, 0.1) is 5.92 Å². The first kappa shape index (κ1) is 15.5. The Kier molecular flexibility index (Phi) is 5.21. The minimum absolute atomic E-state index is 0.00798. The van der Waals surface area contributed by atoms with Crippen molar-refractivity contribution in [3.05, 3.63) is 32.7 Å². The molecule has 1 unspecified atom stereocenters. The first-order chi connectivity index (χ1) is 9.56. The third-order valence-corrected chi connectivity index (χ3v) is 4.80. The van der Waals surface area contributed by atoms with Gasteiger partial charge in [0.2, 0.25) is 0 Å². The van der Waals surface area contributed by atoms with Gasteiger partial charge in [-0.15, -0.1) is 0 Å². The molecule has 1 fully saturated rings. The van der Waals surface area contributed by atoms with Gasteiger partial charge in [0.15, 0.2) is 0 Å². The fourth-order valence-corrected chi connectivity index (χ4v) is 3.21. The fourth-order valence-electron chi connectivity index (χ4n) is 2.43. The summed E-state index contributed by atoms with van der Waals surface area (Å²) >= 11 is 6.81. The van der Waals surface area contributed by atoms with Crippen molar-refractivity contribution in [1.29, 1.82) is 0 Å². The Morgan fingerprint density at radius 1 is 1.50 bits per heavy atom. The lowest BCUT2D eigenvalue weighted by molar-refractivity contribution is 0.0728. The van der Waals surface area contributed by atoms with E-state index in [1.54, 1.807) is 0 Å². The van der Waals surface area contributed by atoms with Crippen LogP contribution < -0.4 is 0 Å². The molecule has 6 heteroatoms. The van der Waals surface area contributed by atoms with E-state index in [0.717, 1.165) is 21.1 Å². The third-order valence-electron chi connectivity index (χ3n) is 3.62. The van der Waals surface area contributed by atoms with E-state index in [0.29, 0.717) is 25.1 Å². The molecule has 1 aromatic carbocycles. The Balaban J connectivity index is 2.20. The van der Waals surface area contributed by atoms with E-state index in [1.807, 2.05) is 30.0 Å². The van der Waals surface area contributed by atoms with Crippen molar-refractivity contribution in [3.8, 4) is 0 Å². The van der Waals surface area contributed by atoms with Gasteiger partial charge in [-0.05, 0) is 40.5 Å². The maximum absolute atomic E-state index is 12.6. The molecule has 1 saturated heterocycles.